The molecular formula is C26H22BrClIN3O3. The number of ether oxygens (including phenoxy) is 2. The number of hydrogen-bond acceptors (Lipinski definition) is 5. The molecule has 0 N–H and O–H groups in total. The maximum atomic E-state index is 13.1. The highest BCUT2D eigenvalue weighted by Gasteiger charge is 2.13. The highest BCUT2D eigenvalue weighted by atomic mass is 127. The van der Waals surface area contributed by atoms with E-state index in [0.717, 1.165) is 19.2 Å². The van der Waals surface area contributed by atoms with Crippen LogP contribution in [0.1, 0.15) is 30.8 Å². The average Bonchev–Trinajstić information content (AvgIpc) is 2.84. The molecule has 4 aromatic rings. The lowest BCUT2D eigenvalue weighted by molar-refractivity contribution is 0.267. The second kappa shape index (κ2) is 11.5. The van der Waals surface area contributed by atoms with Gasteiger partial charge in [0.05, 0.1) is 27.3 Å². The van der Waals surface area contributed by atoms with Crippen LogP contribution in [0.2, 0.25) is 5.02 Å². The molecule has 6 nitrogen and oxygen atoms in total. The zero-order valence-electron chi connectivity index (χ0n) is 19.1. The Balaban J connectivity index is 1.67. The third-order valence-corrected chi connectivity index (χ3v) is 6.69. The third-order valence-electron chi connectivity index (χ3n) is 5.14. The van der Waals surface area contributed by atoms with E-state index in [-0.39, 0.29) is 5.56 Å². The first-order valence-corrected chi connectivity index (χ1v) is 13.2. The van der Waals surface area contributed by atoms with Crippen LogP contribution in [0, 0.1) is 3.57 Å². The van der Waals surface area contributed by atoms with Gasteiger partial charge in [-0.2, -0.15) is 9.78 Å². The molecule has 0 atom stereocenters. The summed E-state index contributed by atoms with van der Waals surface area (Å²) in [5, 5.41) is 5.68. The van der Waals surface area contributed by atoms with Gasteiger partial charge in [0.15, 0.2) is 11.5 Å². The first-order chi connectivity index (χ1) is 16.9. The van der Waals surface area contributed by atoms with Gasteiger partial charge >= 0.3 is 0 Å². The van der Waals surface area contributed by atoms with Crippen molar-refractivity contribution in [2.45, 2.75) is 26.9 Å². The SMILES string of the molecule is CCOc1cc(C=Nn2c(CC)nc3ccc(Br)cc3c2=O)cc(I)c1OCc1ccc(Cl)cc1. The monoisotopic (exact) mass is 665 g/mol. The maximum Gasteiger partial charge on any atom is 0.282 e. The Morgan fingerprint density at radius 3 is 2.60 bits per heavy atom. The molecule has 0 amide bonds. The van der Waals surface area contributed by atoms with Crippen molar-refractivity contribution in [1.82, 2.24) is 9.66 Å². The number of fused-ring (bicyclic) bond motifs is 1. The molecule has 9 heteroatoms. The van der Waals surface area contributed by atoms with Gasteiger partial charge in [-0.15, -0.1) is 0 Å². The first kappa shape index (κ1) is 25.7. The second-order valence-electron chi connectivity index (χ2n) is 7.58. The quantitative estimate of drug-likeness (QED) is 0.153. The molecule has 180 valence electrons. The normalized spacial score (nSPS) is 11.3. The van der Waals surface area contributed by atoms with Gasteiger partial charge in [-0.3, -0.25) is 4.79 Å². The largest absolute Gasteiger partial charge is 0.490 e. The Morgan fingerprint density at radius 1 is 1.11 bits per heavy atom. The molecule has 0 aliphatic carbocycles. The van der Waals surface area contributed by atoms with Crippen molar-refractivity contribution in [3.8, 4) is 11.5 Å². The van der Waals surface area contributed by atoms with Crippen molar-refractivity contribution in [2.75, 3.05) is 6.61 Å². The van der Waals surface area contributed by atoms with Crippen molar-refractivity contribution in [1.29, 1.82) is 0 Å². The zero-order chi connectivity index (χ0) is 24.9. The summed E-state index contributed by atoms with van der Waals surface area (Å²) >= 11 is 11.6. The molecule has 0 spiro atoms. The first-order valence-electron chi connectivity index (χ1n) is 11.0. The van der Waals surface area contributed by atoms with Crippen LogP contribution in [-0.4, -0.2) is 22.5 Å². The van der Waals surface area contributed by atoms with Crippen LogP contribution in [0.5, 0.6) is 11.5 Å². The fraction of sp³-hybridized carbons (Fsp3) is 0.192. The van der Waals surface area contributed by atoms with Crippen molar-refractivity contribution < 1.29 is 9.47 Å². The van der Waals surface area contributed by atoms with Crippen molar-refractivity contribution in [2.24, 2.45) is 5.10 Å². The number of hydrogen-bond donors (Lipinski definition) is 0. The van der Waals surface area contributed by atoms with Crippen LogP contribution in [0.3, 0.4) is 0 Å². The van der Waals surface area contributed by atoms with Gasteiger partial charge in [0.2, 0.25) is 0 Å². The molecule has 0 fully saturated rings. The summed E-state index contributed by atoms with van der Waals surface area (Å²) in [6, 6.07) is 16.8. The highest BCUT2D eigenvalue weighted by Crippen LogP contribution is 2.34. The summed E-state index contributed by atoms with van der Waals surface area (Å²) in [7, 11) is 0. The van der Waals surface area contributed by atoms with Crippen molar-refractivity contribution in [3.63, 3.8) is 0 Å². The molecule has 4 rings (SSSR count). The Bertz CT molecular complexity index is 1460. The third kappa shape index (κ3) is 6.05. The van der Waals surface area contributed by atoms with Gasteiger partial charge in [-0.05, 0) is 83.1 Å². The van der Waals surface area contributed by atoms with E-state index in [2.05, 4.69) is 48.6 Å². The summed E-state index contributed by atoms with van der Waals surface area (Å²) in [5.74, 6) is 1.85. The fourth-order valence-corrected chi connectivity index (χ4v) is 4.74. The Hall–Kier alpha value is -2.43. The van der Waals surface area contributed by atoms with E-state index in [1.807, 2.05) is 62.4 Å². The highest BCUT2D eigenvalue weighted by molar-refractivity contribution is 14.1. The Labute approximate surface area is 230 Å². The minimum atomic E-state index is -0.216. The van der Waals surface area contributed by atoms with E-state index < -0.39 is 0 Å². The number of benzene rings is 3. The predicted molar refractivity (Wildman–Crippen MR) is 152 cm³/mol. The summed E-state index contributed by atoms with van der Waals surface area (Å²) < 4.78 is 15.0. The zero-order valence-corrected chi connectivity index (χ0v) is 23.6. The molecule has 0 radical (unpaired) electrons. The van der Waals surface area contributed by atoms with Crippen molar-refractivity contribution >= 4 is 67.2 Å². The van der Waals surface area contributed by atoms with Crippen LogP contribution < -0.4 is 15.0 Å². The number of aromatic nitrogens is 2. The molecule has 35 heavy (non-hydrogen) atoms. The number of halogens is 3. The average molecular weight is 667 g/mol. The predicted octanol–water partition coefficient (Wildman–Crippen LogP) is 6.84. The summed E-state index contributed by atoms with van der Waals surface area (Å²) in [4.78, 5) is 17.8. The van der Waals surface area contributed by atoms with E-state index in [9.17, 15) is 4.79 Å². The van der Waals surface area contributed by atoms with Gasteiger partial charge in [0.1, 0.15) is 12.4 Å². The topological polar surface area (TPSA) is 65.7 Å². The fourth-order valence-electron chi connectivity index (χ4n) is 3.47. The second-order valence-corrected chi connectivity index (χ2v) is 10.1. The van der Waals surface area contributed by atoms with E-state index >= 15 is 0 Å². The van der Waals surface area contributed by atoms with Crippen molar-refractivity contribution in [3.05, 3.63) is 95.0 Å². The molecule has 0 unspecified atom stereocenters. The Kier molecular flexibility index (Phi) is 8.46. The number of rotatable bonds is 8. The molecule has 1 heterocycles. The number of aryl methyl sites for hydroxylation is 1. The summed E-state index contributed by atoms with van der Waals surface area (Å²) in [5.41, 5.74) is 2.21. The van der Waals surface area contributed by atoms with Gasteiger partial charge < -0.3 is 9.47 Å². The lowest BCUT2D eigenvalue weighted by atomic mass is 10.2. The molecule has 3 aromatic carbocycles. The van der Waals surface area contributed by atoms with Crippen LogP contribution in [0.25, 0.3) is 10.9 Å². The molecular weight excluding hydrogens is 645 g/mol. The van der Waals surface area contributed by atoms with Gasteiger partial charge in [0.25, 0.3) is 5.56 Å². The van der Waals surface area contributed by atoms with E-state index in [1.54, 1.807) is 12.3 Å². The summed E-state index contributed by atoms with van der Waals surface area (Å²) in [6.45, 7) is 4.73. The van der Waals surface area contributed by atoms with Crippen LogP contribution in [-0.2, 0) is 13.0 Å². The van der Waals surface area contributed by atoms with E-state index in [1.165, 1.54) is 4.68 Å². The number of nitrogens with zero attached hydrogens (tertiary/aromatic N) is 3. The van der Waals surface area contributed by atoms with E-state index in [0.29, 0.717) is 52.9 Å². The Morgan fingerprint density at radius 2 is 1.89 bits per heavy atom. The standard InChI is InChI=1S/C26H22BrClIN3O3/c1-3-24-31-22-10-7-18(27)13-20(22)26(33)32(24)30-14-17-11-21(29)25(23(12-17)34-4-2)35-15-16-5-8-19(28)9-6-16/h5-14H,3-4,15H2,1-2H3. The van der Waals surface area contributed by atoms with Crippen LogP contribution >= 0.6 is 50.1 Å². The molecule has 0 aliphatic rings. The minimum absolute atomic E-state index is 0.216. The van der Waals surface area contributed by atoms with Gasteiger partial charge in [0, 0.05) is 15.9 Å². The van der Waals surface area contributed by atoms with Crippen LogP contribution in [0.15, 0.2) is 69.0 Å². The molecule has 0 aliphatic heterocycles. The molecule has 1 aromatic heterocycles. The maximum absolute atomic E-state index is 13.1. The lowest BCUT2D eigenvalue weighted by Gasteiger charge is -2.15. The van der Waals surface area contributed by atoms with Crippen LogP contribution in [0.4, 0.5) is 0 Å². The van der Waals surface area contributed by atoms with Gasteiger partial charge in [-0.25, -0.2) is 4.98 Å². The molecule has 0 saturated carbocycles. The minimum Gasteiger partial charge on any atom is -0.490 e. The molecule has 0 saturated heterocycles. The molecule has 0 bridgehead atoms. The lowest BCUT2D eigenvalue weighted by Crippen LogP contribution is -2.22. The summed E-state index contributed by atoms with van der Waals surface area (Å²) in [6.07, 6.45) is 2.21. The van der Waals surface area contributed by atoms with E-state index in [4.69, 9.17) is 21.1 Å². The smallest absolute Gasteiger partial charge is 0.282 e. The van der Waals surface area contributed by atoms with Gasteiger partial charge in [-0.1, -0.05) is 46.6 Å².